The summed E-state index contributed by atoms with van der Waals surface area (Å²) in [5, 5.41) is 0. The van der Waals surface area contributed by atoms with Crippen LogP contribution >= 0.6 is 0 Å². The standard InChI is InChI=1S/C13H20N2O/c1-15(11-6-4-3-5-7-11)13(10-14)8-12(9-13)16-2/h3-7,12H,8-10,14H2,1-2H3. The van der Waals surface area contributed by atoms with Crippen LogP contribution in [0.1, 0.15) is 12.8 Å². The first-order chi connectivity index (χ1) is 7.72. The summed E-state index contributed by atoms with van der Waals surface area (Å²) >= 11 is 0. The van der Waals surface area contributed by atoms with Gasteiger partial charge >= 0.3 is 0 Å². The predicted octanol–water partition coefficient (Wildman–Crippen LogP) is 1.63. The van der Waals surface area contributed by atoms with Gasteiger partial charge in [0.05, 0.1) is 11.6 Å². The first kappa shape index (κ1) is 11.4. The van der Waals surface area contributed by atoms with Crippen LogP contribution in [0.3, 0.4) is 0 Å². The molecule has 0 unspecified atom stereocenters. The van der Waals surface area contributed by atoms with E-state index in [1.807, 2.05) is 6.07 Å². The van der Waals surface area contributed by atoms with Crippen molar-refractivity contribution in [2.75, 3.05) is 25.6 Å². The van der Waals surface area contributed by atoms with Gasteiger partial charge in [0.2, 0.25) is 0 Å². The molecule has 2 rings (SSSR count). The molecular weight excluding hydrogens is 200 g/mol. The number of rotatable bonds is 4. The van der Waals surface area contributed by atoms with Gasteiger partial charge < -0.3 is 15.4 Å². The van der Waals surface area contributed by atoms with Crippen LogP contribution in [0.15, 0.2) is 30.3 Å². The lowest BCUT2D eigenvalue weighted by molar-refractivity contribution is -0.0123. The Labute approximate surface area is 97.2 Å². The molecule has 0 amide bonds. The molecule has 1 saturated carbocycles. The summed E-state index contributed by atoms with van der Waals surface area (Å²) in [6.45, 7) is 0.679. The van der Waals surface area contributed by atoms with E-state index in [1.54, 1.807) is 7.11 Å². The quantitative estimate of drug-likeness (QED) is 0.838. The molecule has 2 N–H and O–H groups in total. The van der Waals surface area contributed by atoms with Gasteiger partial charge in [0, 0.05) is 26.4 Å². The highest BCUT2D eigenvalue weighted by atomic mass is 16.5. The van der Waals surface area contributed by atoms with E-state index in [9.17, 15) is 0 Å². The number of methoxy groups -OCH3 is 1. The van der Waals surface area contributed by atoms with Gasteiger partial charge in [0.15, 0.2) is 0 Å². The number of ether oxygens (including phenoxy) is 1. The van der Waals surface area contributed by atoms with E-state index in [1.165, 1.54) is 5.69 Å². The number of likely N-dealkylation sites (N-methyl/N-ethyl adjacent to an activating group) is 1. The van der Waals surface area contributed by atoms with Crippen molar-refractivity contribution in [3.63, 3.8) is 0 Å². The molecule has 0 aliphatic heterocycles. The third-order valence-corrected chi connectivity index (χ3v) is 3.78. The topological polar surface area (TPSA) is 38.5 Å². The van der Waals surface area contributed by atoms with Crippen LogP contribution in [0, 0.1) is 0 Å². The average molecular weight is 220 g/mol. The lowest BCUT2D eigenvalue weighted by Gasteiger charge is -2.53. The van der Waals surface area contributed by atoms with Gasteiger partial charge in [0.25, 0.3) is 0 Å². The molecule has 16 heavy (non-hydrogen) atoms. The molecule has 0 atom stereocenters. The summed E-state index contributed by atoms with van der Waals surface area (Å²) in [6.07, 6.45) is 2.41. The van der Waals surface area contributed by atoms with Crippen LogP contribution in [0.25, 0.3) is 0 Å². The molecule has 1 fully saturated rings. The number of anilines is 1. The second-order valence-corrected chi connectivity index (χ2v) is 4.59. The summed E-state index contributed by atoms with van der Waals surface area (Å²) in [5.41, 5.74) is 7.24. The van der Waals surface area contributed by atoms with Gasteiger partial charge in [-0.1, -0.05) is 18.2 Å². The van der Waals surface area contributed by atoms with E-state index >= 15 is 0 Å². The van der Waals surface area contributed by atoms with Crippen molar-refractivity contribution in [1.29, 1.82) is 0 Å². The maximum atomic E-state index is 5.93. The average Bonchev–Trinajstić information content (AvgIpc) is 2.30. The Morgan fingerprint density at radius 2 is 2.00 bits per heavy atom. The van der Waals surface area contributed by atoms with E-state index in [0.29, 0.717) is 12.6 Å². The van der Waals surface area contributed by atoms with Crippen LogP contribution in [0.4, 0.5) is 5.69 Å². The van der Waals surface area contributed by atoms with E-state index in [2.05, 4.69) is 36.2 Å². The first-order valence-corrected chi connectivity index (χ1v) is 5.73. The number of para-hydroxylation sites is 1. The van der Waals surface area contributed by atoms with Crippen LogP contribution in [-0.2, 0) is 4.74 Å². The summed E-state index contributed by atoms with van der Waals surface area (Å²) < 4.78 is 5.35. The van der Waals surface area contributed by atoms with E-state index in [4.69, 9.17) is 10.5 Å². The van der Waals surface area contributed by atoms with Crippen molar-refractivity contribution in [1.82, 2.24) is 0 Å². The maximum absolute atomic E-state index is 5.93. The largest absolute Gasteiger partial charge is 0.381 e. The summed E-state index contributed by atoms with van der Waals surface area (Å²) in [4.78, 5) is 2.29. The summed E-state index contributed by atoms with van der Waals surface area (Å²) in [6, 6.07) is 10.4. The first-order valence-electron chi connectivity index (χ1n) is 5.73. The third kappa shape index (κ3) is 1.81. The van der Waals surface area contributed by atoms with Crippen molar-refractivity contribution in [3.05, 3.63) is 30.3 Å². The van der Waals surface area contributed by atoms with Crippen LogP contribution in [-0.4, -0.2) is 32.3 Å². The van der Waals surface area contributed by atoms with Crippen molar-refractivity contribution in [2.45, 2.75) is 24.5 Å². The van der Waals surface area contributed by atoms with E-state index in [0.717, 1.165) is 12.8 Å². The van der Waals surface area contributed by atoms with Crippen molar-refractivity contribution >= 4 is 5.69 Å². The Bertz CT molecular complexity index is 333. The second-order valence-electron chi connectivity index (χ2n) is 4.59. The SMILES string of the molecule is COC1CC(CN)(N(C)c2ccccc2)C1. The molecule has 1 aromatic carbocycles. The van der Waals surface area contributed by atoms with Crippen molar-refractivity contribution < 1.29 is 4.74 Å². The predicted molar refractivity (Wildman–Crippen MR) is 66.7 cm³/mol. The minimum Gasteiger partial charge on any atom is -0.381 e. The highest BCUT2D eigenvalue weighted by Gasteiger charge is 2.46. The van der Waals surface area contributed by atoms with Gasteiger partial charge in [-0.15, -0.1) is 0 Å². The number of benzene rings is 1. The molecule has 0 spiro atoms. The number of nitrogens with zero attached hydrogens (tertiary/aromatic N) is 1. The third-order valence-electron chi connectivity index (χ3n) is 3.78. The monoisotopic (exact) mass is 220 g/mol. The molecule has 88 valence electrons. The lowest BCUT2D eigenvalue weighted by atomic mass is 9.72. The van der Waals surface area contributed by atoms with Gasteiger partial charge in [-0.2, -0.15) is 0 Å². The Kier molecular flexibility index (Phi) is 3.17. The summed E-state index contributed by atoms with van der Waals surface area (Å²) in [7, 11) is 3.89. The van der Waals surface area contributed by atoms with Gasteiger partial charge in [-0.25, -0.2) is 0 Å². The highest BCUT2D eigenvalue weighted by molar-refractivity contribution is 5.49. The molecule has 1 aliphatic carbocycles. The number of nitrogens with two attached hydrogens (primary N) is 1. The molecule has 0 aromatic heterocycles. The zero-order chi connectivity index (χ0) is 11.6. The Morgan fingerprint density at radius 1 is 1.38 bits per heavy atom. The van der Waals surface area contributed by atoms with Crippen LogP contribution < -0.4 is 10.6 Å². The zero-order valence-electron chi connectivity index (χ0n) is 10.0. The Hall–Kier alpha value is -1.06. The fourth-order valence-corrected chi connectivity index (χ4v) is 2.46. The molecule has 0 heterocycles. The van der Waals surface area contributed by atoms with Gasteiger partial charge in [-0.3, -0.25) is 0 Å². The Balaban J connectivity index is 2.12. The highest BCUT2D eigenvalue weighted by Crippen LogP contribution is 2.40. The van der Waals surface area contributed by atoms with Crippen LogP contribution in [0.5, 0.6) is 0 Å². The zero-order valence-corrected chi connectivity index (χ0v) is 10.0. The molecule has 1 aromatic rings. The van der Waals surface area contributed by atoms with Gasteiger partial charge in [0.1, 0.15) is 0 Å². The number of hydrogen-bond acceptors (Lipinski definition) is 3. The number of hydrogen-bond donors (Lipinski definition) is 1. The molecule has 3 nitrogen and oxygen atoms in total. The van der Waals surface area contributed by atoms with Crippen molar-refractivity contribution in [3.8, 4) is 0 Å². The Morgan fingerprint density at radius 3 is 2.50 bits per heavy atom. The fourth-order valence-electron chi connectivity index (χ4n) is 2.46. The normalized spacial score (nSPS) is 28.6. The molecule has 3 heteroatoms. The fraction of sp³-hybridized carbons (Fsp3) is 0.538. The molecule has 1 aliphatic rings. The summed E-state index contributed by atoms with van der Waals surface area (Å²) in [5.74, 6) is 0. The maximum Gasteiger partial charge on any atom is 0.0617 e. The molecule has 0 saturated heterocycles. The van der Waals surface area contributed by atoms with Crippen LogP contribution in [0.2, 0.25) is 0 Å². The molecular formula is C13H20N2O. The van der Waals surface area contributed by atoms with E-state index in [-0.39, 0.29) is 5.54 Å². The molecule has 0 bridgehead atoms. The van der Waals surface area contributed by atoms with Gasteiger partial charge in [-0.05, 0) is 25.0 Å². The van der Waals surface area contributed by atoms with Crippen molar-refractivity contribution in [2.24, 2.45) is 5.73 Å². The smallest absolute Gasteiger partial charge is 0.0617 e. The minimum atomic E-state index is 0.0853. The van der Waals surface area contributed by atoms with E-state index < -0.39 is 0 Å². The lowest BCUT2D eigenvalue weighted by Crippen LogP contribution is -2.63. The molecule has 0 radical (unpaired) electrons. The minimum absolute atomic E-state index is 0.0853. The second kappa shape index (κ2) is 4.44.